The molecule has 0 aliphatic rings. The summed E-state index contributed by atoms with van der Waals surface area (Å²) in [5, 5.41) is 14.1. The first kappa shape index (κ1) is 15.1. The molecule has 0 fully saturated rings. The molecule has 1 heterocycles. The molecule has 0 bridgehead atoms. The molecule has 18 heavy (non-hydrogen) atoms. The van der Waals surface area contributed by atoms with Crippen LogP contribution in [0.3, 0.4) is 0 Å². The number of nitrogens with zero attached hydrogens (tertiary/aromatic N) is 1. The highest BCUT2D eigenvalue weighted by Gasteiger charge is 2.11. The Hall–Kier alpha value is -0.910. The van der Waals surface area contributed by atoms with E-state index in [1.807, 2.05) is 11.4 Å². The molecule has 5 heteroatoms. The van der Waals surface area contributed by atoms with Crippen LogP contribution >= 0.6 is 11.3 Å². The van der Waals surface area contributed by atoms with Crippen molar-refractivity contribution in [3.8, 4) is 0 Å². The molecule has 0 aromatic carbocycles. The van der Waals surface area contributed by atoms with E-state index in [9.17, 15) is 4.79 Å². The van der Waals surface area contributed by atoms with Crippen LogP contribution in [0.2, 0.25) is 0 Å². The van der Waals surface area contributed by atoms with Gasteiger partial charge in [-0.15, -0.1) is 11.3 Å². The van der Waals surface area contributed by atoms with Gasteiger partial charge in [0.05, 0.1) is 0 Å². The lowest BCUT2D eigenvalue weighted by Gasteiger charge is -2.23. The van der Waals surface area contributed by atoms with Crippen LogP contribution in [0, 0.1) is 0 Å². The first-order valence-corrected chi connectivity index (χ1v) is 7.14. The van der Waals surface area contributed by atoms with E-state index in [0.29, 0.717) is 17.5 Å². The van der Waals surface area contributed by atoms with Gasteiger partial charge in [0.25, 0.3) is 0 Å². The van der Waals surface area contributed by atoms with Crippen molar-refractivity contribution in [2.45, 2.75) is 32.9 Å². The Morgan fingerprint density at radius 3 is 2.94 bits per heavy atom. The highest BCUT2D eigenvalue weighted by atomic mass is 32.1. The van der Waals surface area contributed by atoms with Crippen molar-refractivity contribution in [3.63, 3.8) is 0 Å². The van der Waals surface area contributed by atoms with Crippen LogP contribution in [0.25, 0.3) is 0 Å². The summed E-state index contributed by atoms with van der Waals surface area (Å²) in [6.45, 7) is 6.86. The number of hydrogen-bond donors (Lipinski definition) is 2. The van der Waals surface area contributed by atoms with E-state index in [0.717, 1.165) is 25.1 Å². The molecule has 1 unspecified atom stereocenters. The fourth-order valence-electron chi connectivity index (χ4n) is 1.67. The first-order chi connectivity index (χ1) is 8.56. The Kier molecular flexibility index (Phi) is 6.32. The van der Waals surface area contributed by atoms with Crippen molar-refractivity contribution < 1.29 is 9.90 Å². The topological polar surface area (TPSA) is 52.6 Å². The molecule has 0 radical (unpaired) electrons. The first-order valence-electron chi connectivity index (χ1n) is 6.26. The lowest BCUT2D eigenvalue weighted by Crippen LogP contribution is -2.34. The van der Waals surface area contributed by atoms with Gasteiger partial charge in [0.1, 0.15) is 4.88 Å². The molecule has 0 spiro atoms. The lowest BCUT2D eigenvalue weighted by molar-refractivity contribution is 0.0701. The molecule has 1 aromatic heterocycles. The van der Waals surface area contributed by atoms with Crippen molar-refractivity contribution in [1.29, 1.82) is 0 Å². The van der Waals surface area contributed by atoms with Crippen molar-refractivity contribution in [2.24, 2.45) is 0 Å². The monoisotopic (exact) mass is 270 g/mol. The minimum Gasteiger partial charge on any atom is -0.477 e. The molecule has 1 rings (SSSR count). The highest BCUT2D eigenvalue weighted by Crippen LogP contribution is 2.16. The molecule has 1 aromatic rings. The Bertz CT molecular complexity index is 379. The highest BCUT2D eigenvalue weighted by molar-refractivity contribution is 7.12. The second kappa shape index (κ2) is 7.51. The van der Waals surface area contributed by atoms with Gasteiger partial charge in [-0.3, -0.25) is 0 Å². The number of rotatable bonds is 8. The third kappa shape index (κ3) is 4.40. The molecule has 1 atom stereocenters. The van der Waals surface area contributed by atoms with Crippen LogP contribution in [0.5, 0.6) is 0 Å². The van der Waals surface area contributed by atoms with Gasteiger partial charge < -0.3 is 15.3 Å². The van der Waals surface area contributed by atoms with E-state index >= 15 is 0 Å². The van der Waals surface area contributed by atoms with Crippen molar-refractivity contribution in [3.05, 3.63) is 21.9 Å². The fraction of sp³-hybridized carbons (Fsp3) is 0.615. The number of carboxylic acids is 1. The van der Waals surface area contributed by atoms with Gasteiger partial charge in [-0.25, -0.2) is 4.79 Å². The number of carbonyl (C=O) groups is 1. The van der Waals surface area contributed by atoms with Gasteiger partial charge in [-0.1, -0.05) is 6.92 Å². The summed E-state index contributed by atoms with van der Waals surface area (Å²) in [7, 11) is 2.11. The maximum atomic E-state index is 10.9. The summed E-state index contributed by atoms with van der Waals surface area (Å²) in [5.41, 5.74) is 0.874. The SMILES string of the molecule is CCC(C)N(C)CCNCc1ccsc1C(=O)O. The summed E-state index contributed by atoms with van der Waals surface area (Å²) in [6.07, 6.45) is 1.14. The molecule has 102 valence electrons. The van der Waals surface area contributed by atoms with Crippen LogP contribution in [0.1, 0.15) is 35.5 Å². The lowest BCUT2D eigenvalue weighted by atomic mass is 10.2. The van der Waals surface area contributed by atoms with Crippen molar-refractivity contribution in [1.82, 2.24) is 10.2 Å². The molecule has 0 saturated heterocycles. The summed E-state index contributed by atoms with van der Waals surface area (Å²) < 4.78 is 0. The zero-order valence-corrected chi connectivity index (χ0v) is 12.1. The van der Waals surface area contributed by atoms with Gasteiger partial charge >= 0.3 is 5.97 Å². The third-order valence-electron chi connectivity index (χ3n) is 3.24. The minimum atomic E-state index is -0.835. The molecule has 0 aliphatic heterocycles. The molecule has 2 N–H and O–H groups in total. The Balaban J connectivity index is 2.30. The standard InChI is InChI=1S/C13H22N2O2S/c1-4-10(2)15(3)7-6-14-9-11-5-8-18-12(11)13(16)17/h5,8,10,14H,4,6-7,9H2,1-3H3,(H,16,17). The van der Waals surface area contributed by atoms with E-state index in [4.69, 9.17) is 5.11 Å². The fourth-order valence-corrected chi connectivity index (χ4v) is 2.43. The minimum absolute atomic E-state index is 0.442. The number of hydrogen-bond acceptors (Lipinski definition) is 4. The van der Waals surface area contributed by atoms with Gasteiger partial charge in [-0.05, 0) is 37.4 Å². The van der Waals surface area contributed by atoms with Crippen molar-refractivity contribution >= 4 is 17.3 Å². The molecule has 4 nitrogen and oxygen atoms in total. The predicted octanol–water partition coefficient (Wildman–Crippen LogP) is 2.27. The molecular formula is C13H22N2O2S. The van der Waals surface area contributed by atoms with Gasteiger partial charge in [0.15, 0.2) is 0 Å². The zero-order valence-electron chi connectivity index (χ0n) is 11.3. The normalized spacial score (nSPS) is 12.9. The maximum absolute atomic E-state index is 10.9. The number of likely N-dealkylation sites (N-methyl/N-ethyl adjacent to an activating group) is 1. The van der Waals surface area contributed by atoms with Gasteiger partial charge in [0, 0.05) is 25.7 Å². The Morgan fingerprint density at radius 2 is 2.33 bits per heavy atom. The second-order valence-corrected chi connectivity index (χ2v) is 5.41. The number of aromatic carboxylic acids is 1. The maximum Gasteiger partial charge on any atom is 0.346 e. The van der Waals surface area contributed by atoms with Gasteiger partial charge in [0.2, 0.25) is 0 Å². The molecular weight excluding hydrogens is 248 g/mol. The quantitative estimate of drug-likeness (QED) is 0.712. The van der Waals surface area contributed by atoms with Gasteiger partial charge in [-0.2, -0.15) is 0 Å². The number of nitrogens with one attached hydrogen (secondary N) is 1. The summed E-state index contributed by atoms with van der Waals surface area (Å²) >= 11 is 1.28. The van der Waals surface area contributed by atoms with E-state index in [-0.39, 0.29) is 0 Å². The summed E-state index contributed by atoms with van der Waals surface area (Å²) in [5.74, 6) is -0.835. The van der Waals surface area contributed by atoms with E-state index in [1.54, 1.807) is 0 Å². The molecule has 0 amide bonds. The van der Waals surface area contributed by atoms with Crippen molar-refractivity contribution in [2.75, 3.05) is 20.1 Å². The van der Waals surface area contributed by atoms with Crippen LogP contribution in [-0.4, -0.2) is 42.2 Å². The average Bonchev–Trinajstić information content (AvgIpc) is 2.81. The number of carboxylic acid groups (broad SMARTS) is 1. The van der Waals surface area contributed by atoms with Crippen LogP contribution in [0.4, 0.5) is 0 Å². The Labute approximate surface area is 113 Å². The van der Waals surface area contributed by atoms with Crippen LogP contribution in [-0.2, 0) is 6.54 Å². The third-order valence-corrected chi connectivity index (χ3v) is 4.19. The molecule has 0 saturated carbocycles. The summed E-state index contributed by atoms with van der Waals surface area (Å²) in [4.78, 5) is 13.7. The van der Waals surface area contributed by atoms with E-state index in [2.05, 4.69) is 31.1 Å². The zero-order chi connectivity index (χ0) is 13.5. The predicted molar refractivity (Wildman–Crippen MR) is 75.4 cm³/mol. The second-order valence-electron chi connectivity index (χ2n) is 4.49. The van der Waals surface area contributed by atoms with Crippen LogP contribution < -0.4 is 5.32 Å². The number of thiophene rings is 1. The average molecular weight is 270 g/mol. The van der Waals surface area contributed by atoms with E-state index < -0.39 is 5.97 Å². The van der Waals surface area contributed by atoms with E-state index in [1.165, 1.54) is 11.3 Å². The van der Waals surface area contributed by atoms with Crippen LogP contribution in [0.15, 0.2) is 11.4 Å². The Morgan fingerprint density at radius 1 is 1.61 bits per heavy atom. The largest absolute Gasteiger partial charge is 0.477 e. The molecule has 0 aliphatic carbocycles. The summed E-state index contributed by atoms with van der Waals surface area (Å²) in [6, 6.07) is 2.46. The smallest absolute Gasteiger partial charge is 0.346 e.